The summed E-state index contributed by atoms with van der Waals surface area (Å²) in [6, 6.07) is 8.81. The number of hydrogen-bond acceptors (Lipinski definition) is 21. The summed E-state index contributed by atoms with van der Waals surface area (Å²) in [5, 5.41) is 157. The van der Waals surface area contributed by atoms with Crippen LogP contribution in [-0.4, -0.2) is 210 Å². The quantitative estimate of drug-likeness (QED) is 0.0143. The van der Waals surface area contributed by atoms with Crippen LogP contribution >= 0.6 is 0 Å². The monoisotopic (exact) mass is 1430 g/mol. The first-order valence-corrected chi connectivity index (χ1v) is 35.4. The van der Waals surface area contributed by atoms with Gasteiger partial charge in [-0.2, -0.15) is 0 Å². The van der Waals surface area contributed by atoms with Gasteiger partial charge in [-0.05, 0) is 96.6 Å². The molecule has 1 aliphatic carbocycles. The summed E-state index contributed by atoms with van der Waals surface area (Å²) < 4.78 is 11.1. The lowest BCUT2D eigenvalue weighted by molar-refractivity contribution is -0.302. The van der Waals surface area contributed by atoms with Gasteiger partial charge < -0.3 is 96.7 Å². The van der Waals surface area contributed by atoms with Gasteiger partial charge in [-0.1, -0.05) is 186 Å². The van der Waals surface area contributed by atoms with Gasteiger partial charge in [0.05, 0.1) is 79.4 Å². The highest BCUT2D eigenvalue weighted by Crippen LogP contribution is 2.25. The number of carbonyl (C=O) groups excluding carboxylic acids is 4. The number of unbranched alkanes of at least 4 members (excludes halogenated alkanes) is 1. The Morgan fingerprint density at radius 3 is 1.66 bits per heavy atom. The van der Waals surface area contributed by atoms with Crippen LogP contribution in [0.5, 0.6) is 0 Å². The van der Waals surface area contributed by atoms with Crippen LogP contribution in [0.25, 0.3) is 0 Å². The van der Waals surface area contributed by atoms with E-state index in [1.807, 2.05) is 106 Å². The Hall–Kier alpha value is -6.72. The summed E-state index contributed by atoms with van der Waals surface area (Å²) in [6.07, 6.45) is 29.8. The molecular formula is C79H118N2O21. The lowest BCUT2D eigenvalue weighted by Gasteiger charge is -2.39. The molecule has 0 saturated carbocycles. The van der Waals surface area contributed by atoms with Gasteiger partial charge in [0.25, 0.3) is 5.91 Å². The fourth-order valence-electron chi connectivity index (χ4n) is 10.5. The number of aliphatic hydroxyl groups excluding tert-OH is 15. The van der Waals surface area contributed by atoms with Crippen LogP contribution in [0.15, 0.2) is 188 Å². The number of nitrogens with one attached hydrogen (secondary N) is 2. The van der Waals surface area contributed by atoms with Crippen molar-refractivity contribution in [3.8, 4) is 0 Å². The first kappa shape index (κ1) is 91.4. The summed E-state index contributed by atoms with van der Waals surface area (Å²) >= 11 is 0. The Morgan fingerprint density at radius 1 is 0.559 bits per heavy atom. The molecule has 1 aromatic rings. The fourth-order valence-corrected chi connectivity index (χ4v) is 10.5. The maximum absolute atomic E-state index is 12.0. The van der Waals surface area contributed by atoms with Gasteiger partial charge in [-0.15, -0.1) is 0 Å². The van der Waals surface area contributed by atoms with Crippen molar-refractivity contribution in [2.45, 2.75) is 248 Å². The normalized spacial score (nSPS) is 22.3. The molecule has 19 atom stereocenters. The first-order valence-electron chi connectivity index (χ1n) is 35.4. The van der Waals surface area contributed by atoms with Gasteiger partial charge in [0, 0.05) is 68.0 Å². The third-order valence-corrected chi connectivity index (χ3v) is 16.6. The smallest absolute Gasteiger partial charge is 0.251 e. The van der Waals surface area contributed by atoms with Gasteiger partial charge in [-0.3, -0.25) is 19.2 Å². The van der Waals surface area contributed by atoms with Crippen LogP contribution in [0.3, 0.4) is 0 Å². The standard InChI is InChI=1S/C43H59NO10.C36H59NO11/c1-30(24-20-16-12-8-5-6-11-15-19-23-27-37(48)44-38-35(46)28-29-36(38)47)39(49)32(3)34(45)26-22-18-14-10-7-9-13-17-21-25-31(2)53-43-42(52)41(51)40(50)33(4)54-43;1-24(2)35(47)23-34(46)22-33(45)20-29(41)14-7-13-28(40)19-32(44)21-31(43)18-27(39)12-6-11-26(38)17-30(42)15-8-16-37-36(48)25-9-4-3-5-10-25/h5-11,13-15,17-24,26-27,30-34,39-43,45-46,49-52H,12,16,25,28-29H2,1-4H3,(H,44,48);3-7,9-10,12,14,24,26-34,38-46H,8,11,13,15-23H2,1-2H3,(H,37,48)/b8-5+,10-7+,11-6+,13-9+,18-14+,19-15+,21-17+,24-20+,26-22+,27-23+;12-6+,14-7+. The van der Waals surface area contributed by atoms with E-state index in [1.54, 1.807) is 87.6 Å². The van der Waals surface area contributed by atoms with E-state index >= 15 is 0 Å². The highest BCUT2D eigenvalue weighted by Gasteiger charge is 2.43. The maximum atomic E-state index is 12.0. The van der Waals surface area contributed by atoms with Crippen molar-refractivity contribution in [3.05, 3.63) is 193 Å². The number of rotatable bonds is 47. The second kappa shape index (κ2) is 53.1. The molecule has 1 heterocycles. The number of carbonyl (C=O) groups is 4. The van der Waals surface area contributed by atoms with Crippen molar-refractivity contribution < 1.29 is 105 Å². The Morgan fingerprint density at radius 2 is 1.08 bits per heavy atom. The molecule has 23 nitrogen and oxygen atoms in total. The third-order valence-electron chi connectivity index (χ3n) is 16.6. The lowest BCUT2D eigenvalue weighted by atomic mass is 9.88. The lowest BCUT2D eigenvalue weighted by Crippen LogP contribution is -2.57. The van der Waals surface area contributed by atoms with E-state index in [0.29, 0.717) is 31.4 Å². The zero-order valence-corrected chi connectivity index (χ0v) is 60.0. The van der Waals surface area contributed by atoms with E-state index in [0.717, 1.165) is 12.8 Å². The van der Waals surface area contributed by atoms with Crippen LogP contribution in [0.1, 0.15) is 155 Å². The van der Waals surface area contributed by atoms with Gasteiger partial charge in [0.2, 0.25) is 5.91 Å². The van der Waals surface area contributed by atoms with E-state index in [4.69, 9.17) is 9.47 Å². The van der Waals surface area contributed by atoms with E-state index in [-0.39, 0.29) is 123 Å². The molecule has 17 N–H and O–H groups in total. The van der Waals surface area contributed by atoms with Crippen LogP contribution in [0.4, 0.5) is 0 Å². The highest BCUT2D eigenvalue weighted by molar-refractivity contribution is 6.03. The number of hydrogen-bond donors (Lipinski definition) is 17. The average molecular weight is 1430 g/mol. The number of ketones is 2. The Balaban J connectivity index is 0.000000699. The minimum Gasteiger partial charge on any atom is -0.510 e. The van der Waals surface area contributed by atoms with E-state index in [1.165, 1.54) is 24.3 Å². The number of benzene rings is 1. The second-order valence-electron chi connectivity index (χ2n) is 26.4. The molecule has 19 unspecified atom stereocenters. The molecule has 102 heavy (non-hydrogen) atoms. The van der Waals surface area contributed by atoms with Crippen molar-refractivity contribution in [2.75, 3.05) is 6.54 Å². The maximum Gasteiger partial charge on any atom is 0.251 e. The minimum absolute atomic E-state index is 0.0185. The minimum atomic E-state index is -1.32. The summed E-state index contributed by atoms with van der Waals surface area (Å²) in [6.45, 7) is 11.0. The second-order valence-corrected chi connectivity index (χ2v) is 26.4. The van der Waals surface area contributed by atoms with E-state index < -0.39 is 104 Å². The molecule has 1 fully saturated rings. The van der Waals surface area contributed by atoms with Gasteiger partial charge >= 0.3 is 0 Å². The van der Waals surface area contributed by atoms with Crippen molar-refractivity contribution in [2.24, 2.45) is 17.8 Å². The van der Waals surface area contributed by atoms with Crippen molar-refractivity contribution in [1.29, 1.82) is 0 Å². The predicted molar refractivity (Wildman–Crippen MR) is 392 cm³/mol. The summed E-state index contributed by atoms with van der Waals surface area (Å²) in [5.41, 5.74) is 0.542. The van der Waals surface area contributed by atoms with Crippen LogP contribution in [-0.2, 0) is 23.9 Å². The molecule has 3 rings (SSSR count). The van der Waals surface area contributed by atoms with Crippen LogP contribution < -0.4 is 10.6 Å². The molecule has 0 aromatic heterocycles. The molecule has 1 saturated heterocycles. The predicted octanol–water partition coefficient (Wildman–Crippen LogP) is 6.49. The van der Waals surface area contributed by atoms with Crippen molar-refractivity contribution in [3.63, 3.8) is 0 Å². The van der Waals surface area contributed by atoms with E-state index in [2.05, 4.69) is 10.6 Å². The van der Waals surface area contributed by atoms with Gasteiger partial charge in [-0.25, -0.2) is 0 Å². The van der Waals surface area contributed by atoms with Crippen molar-refractivity contribution >= 4 is 23.4 Å². The number of allylic oxidation sites excluding steroid dienone is 18. The first-order chi connectivity index (χ1) is 48.5. The summed E-state index contributed by atoms with van der Waals surface area (Å²) in [5.74, 6) is -1.82. The number of Topliss-reactive ketones (excluding diaryl/α,β-unsaturated/α-hetero) is 2. The van der Waals surface area contributed by atoms with Gasteiger partial charge in [0.1, 0.15) is 35.6 Å². The molecule has 2 aliphatic rings. The van der Waals surface area contributed by atoms with E-state index in [9.17, 15) is 95.8 Å². The number of aliphatic hydroxyl groups is 15. The largest absolute Gasteiger partial charge is 0.510 e. The molecular weight excluding hydrogens is 1310 g/mol. The molecule has 1 aliphatic heterocycles. The number of ether oxygens (including phenoxy) is 2. The summed E-state index contributed by atoms with van der Waals surface area (Å²) in [7, 11) is 0. The molecule has 0 radical (unpaired) electrons. The van der Waals surface area contributed by atoms with Crippen LogP contribution in [0.2, 0.25) is 0 Å². The number of amides is 2. The highest BCUT2D eigenvalue weighted by atomic mass is 16.7. The summed E-state index contributed by atoms with van der Waals surface area (Å²) in [4.78, 5) is 47.2. The molecule has 0 spiro atoms. The topological polar surface area (TPSA) is 414 Å². The SMILES string of the molecule is CC(C)C(=O)CC(O)CC(O)CC(O)/C=C/CC(O)CC(O)CC(O)CC(O)/C=C/CC(O)CC(O)CCCNC(=O)c1ccccc1.CC(C/C=C/C=C/C=C/C=C/C=C/C(O)C(C)C(O)C(C)/C=C/CC/C=C/C=C/C=C/C=C/C(=O)NC1=C(O)CCC1=O)OC1OC(C)C(O)C(O)C1O. The molecule has 23 heteroatoms. The van der Waals surface area contributed by atoms with Gasteiger partial charge in [0.15, 0.2) is 12.1 Å². The van der Waals surface area contributed by atoms with Crippen LogP contribution in [0, 0.1) is 17.8 Å². The Bertz CT molecular complexity index is 2950. The Kier molecular flexibility index (Phi) is 47.6. The molecule has 570 valence electrons. The zero-order chi connectivity index (χ0) is 75.9. The third kappa shape index (κ3) is 41.5. The fraction of sp³-hybridized carbons (Fsp3) is 0.544. The van der Waals surface area contributed by atoms with Crippen molar-refractivity contribution in [1.82, 2.24) is 10.6 Å². The molecule has 1 aromatic carbocycles. The molecule has 2 amide bonds. The zero-order valence-electron chi connectivity index (χ0n) is 60.0. The molecule has 0 bridgehead atoms. The Labute approximate surface area is 602 Å². The average Bonchev–Trinajstić information content (AvgIpc) is 0.943.